The Morgan fingerprint density at radius 3 is 2.14 bits per heavy atom. The Morgan fingerprint density at radius 1 is 0.911 bits per heavy atom. The molecule has 0 aromatic carbocycles. The maximum Gasteiger partial charge on any atom is 0.483 e. The molecule has 0 amide bonds. The van der Waals surface area contributed by atoms with Crippen molar-refractivity contribution in [2.24, 2.45) is 0 Å². The number of nitrogen functional groups attached to an aromatic ring is 1. The Morgan fingerprint density at radius 2 is 1.54 bits per heavy atom. The molecule has 312 valence electrons. The first-order chi connectivity index (χ1) is 26.1. The van der Waals surface area contributed by atoms with Gasteiger partial charge in [0, 0.05) is 41.0 Å². The number of anilines is 1. The summed E-state index contributed by atoms with van der Waals surface area (Å²) in [7, 11) is -11.7. The monoisotopic (exact) mass is 845 g/mol. The van der Waals surface area contributed by atoms with Gasteiger partial charge in [-0.3, -0.25) is 37.6 Å². The van der Waals surface area contributed by atoms with E-state index in [0.29, 0.717) is 0 Å². The molecule has 6 unspecified atom stereocenters. The van der Waals surface area contributed by atoms with Crippen LogP contribution in [0.1, 0.15) is 47.3 Å². The summed E-state index contributed by atoms with van der Waals surface area (Å²) in [4.78, 5) is 93.1. The van der Waals surface area contributed by atoms with Crippen molar-refractivity contribution in [1.82, 2.24) is 19.5 Å². The molecule has 2 aliphatic rings. The second kappa shape index (κ2) is 18.4. The summed E-state index contributed by atoms with van der Waals surface area (Å²) in [6.45, 7) is 2.60. The van der Waals surface area contributed by atoms with Gasteiger partial charge in [0.1, 0.15) is 42.9 Å². The van der Waals surface area contributed by atoms with E-state index < -0.39 is 127 Å². The lowest BCUT2D eigenvalue weighted by atomic mass is 9.94. The number of aliphatic hydroxyl groups is 1. The molecule has 0 bridgehead atoms. The van der Waals surface area contributed by atoms with Crippen LogP contribution in [-0.4, -0.2) is 133 Å². The van der Waals surface area contributed by atoms with Crippen LogP contribution in [0, 0.1) is 0 Å². The fourth-order valence-corrected chi connectivity index (χ4v) is 7.73. The number of ether oxygens (including phenoxy) is 7. The van der Waals surface area contributed by atoms with Crippen molar-refractivity contribution >= 4 is 62.5 Å². The molecule has 2 aliphatic heterocycles. The molecule has 0 spiro atoms. The van der Waals surface area contributed by atoms with Crippen molar-refractivity contribution in [2.45, 2.75) is 102 Å². The van der Waals surface area contributed by atoms with Crippen LogP contribution in [-0.2, 0) is 79.6 Å². The minimum atomic E-state index is -5.97. The average Bonchev–Trinajstić information content (AvgIpc) is 3.49. The second-order valence-electron chi connectivity index (χ2n) is 12.0. The normalized spacial score (nSPS) is 29.2. The van der Waals surface area contributed by atoms with Crippen LogP contribution in [0.25, 0.3) is 11.2 Å². The van der Waals surface area contributed by atoms with Gasteiger partial charge in [0.2, 0.25) is 6.29 Å². The van der Waals surface area contributed by atoms with Crippen molar-refractivity contribution in [3.8, 4) is 0 Å². The standard InChI is InChI=1S/C28H38FN5O20P2/c1-11(35)45-7-19(47-12(2)36)21-22(48-13(3)37)23(49-14(4)38)24(50-15(5)39)28(52-21)53-56(43,44)54-55(41,42)46-8-18-16(29)6-17(40)27(51-18)34-10-33-20-25(30)31-9-32-26(20)34/h9-10,16-19,21-24,27-28,40H,6-8H2,1-5H3,(H,41,42)(H,43,44)(H2,30,31,32)/t16?,17-,18+,19+,21?,22+,23?,24?,27+,28-/m0/s1. The topological polar surface area (TPSA) is 342 Å². The third kappa shape index (κ3) is 11.7. The number of esters is 5. The molecule has 12 atom stereocenters. The minimum Gasteiger partial charge on any atom is -0.462 e. The number of phosphoric acid groups is 2. The number of phosphoric ester groups is 2. The number of carbonyl (C=O) groups is 5. The van der Waals surface area contributed by atoms with Gasteiger partial charge in [0.05, 0.1) is 12.9 Å². The molecule has 56 heavy (non-hydrogen) atoms. The van der Waals surface area contributed by atoms with Crippen molar-refractivity contribution in [3.05, 3.63) is 12.7 Å². The van der Waals surface area contributed by atoms with Crippen molar-refractivity contribution in [3.63, 3.8) is 0 Å². The molecule has 0 saturated carbocycles. The van der Waals surface area contributed by atoms with Crippen molar-refractivity contribution in [2.75, 3.05) is 18.9 Å². The van der Waals surface area contributed by atoms with Gasteiger partial charge in [-0.2, -0.15) is 4.31 Å². The van der Waals surface area contributed by atoms with E-state index in [0.717, 1.165) is 40.9 Å². The van der Waals surface area contributed by atoms with E-state index in [2.05, 4.69) is 19.3 Å². The van der Waals surface area contributed by atoms with Crippen LogP contribution in [0.2, 0.25) is 0 Å². The molecule has 0 radical (unpaired) electrons. The Hall–Kier alpha value is -4.23. The highest BCUT2D eigenvalue weighted by Gasteiger charge is 2.57. The zero-order valence-corrected chi connectivity index (χ0v) is 31.8. The van der Waals surface area contributed by atoms with Gasteiger partial charge in [-0.1, -0.05) is 0 Å². The van der Waals surface area contributed by atoms with Crippen LogP contribution in [0.5, 0.6) is 0 Å². The molecule has 25 nitrogen and oxygen atoms in total. The van der Waals surface area contributed by atoms with Crippen LogP contribution >= 0.6 is 15.6 Å². The Bertz CT molecular complexity index is 1890. The quantitative estimate of drug-likeness (QED) is 0.101. The first kappa shape index (κ1) is 44.5. The Kier molecular flexibility index (Phi) is 14.6. The summed E-state index contributed by atoms with van der Waals surface area (Å²) in [6, 6.07) is 0. The number of rotatable bonds is 15. The number of aromatic nitrogens is 4. The van der Waals surface area contributed by atoms with E-state index in [1.807, 2.05) is 0 Å². The summed E-state index contributed by atoms with van der Waals surface area (Å²) < 4.78 is 93.5. The van der Waals surface area contributed by atoms with Crippen molar-refractivity contribution in [1.29, 1.82) is 0 Å². The zero-order valence-electron chi connectivity index (χ0n) is 30.0. The Labute approximate surface area is 315 Å². The number of halogens is 1. The van der Waals surface area contributed by atoms with Crippen LogP contribution in [0.15, 0.2) is 12.7 Å². The number of imidazole rings is 1. The lowest BCUT2D eigenvalue weighted by Crippen LogP contribution is -2.65. The fraction of sp³-hybridized carbons (Fsp3) is 0.643. The number of fused-ring (bicyclic) bond motifs is 1. The lowest BCUT2D eigenvalue weighted by Gasteiger charge is -2.45. The smallest absolute Gasteiger partial charge is 0.462 e. The first-order valence-electron chi connectivity index (χ1n) is 16.2. The molecule has 4 rings (SSSR count). The van der Waals surface area contributed by atoms with E-state index >= 15 is 4.39 Å². The maximum absolute atomic E-state index is 15.0. The number of nitrogens with two attached hydrogens (primary N) is 1. The van der Waals surface area contributed by atoms with E-state index in [1.54, 1.807) is 0 Å². The number of hydrogen-bond donors (Lipinski definition) is 4. The maximum atomic E-state index is 15.0. The molecule has 2 fully saturated rings. The van der Waals surface area contributed by atoms with Gasteiger partial charge in [-0.05, 0) is 0 Å². The van der Waals surface area contributed by atoms with E-state index in [1.165, 1.54) is 10.9 Å². The van der Waals surface area contributed by atoms with E-state index in [4.69, 9.17) is 47.9 Å². The third-order valence-electron chi connectivity index (χ3n) is 7.59. The molecule has 28 heteroatoms. The fourth-order valence-electron chi connectivity index (χ4n) is 5.57. The number of aliphatic hydroxyl groups excluding tert-OH is 1. The molecule has 0 aliphatic carbocycles. The SMILES string of the molecule is CC(=O)OC[C@@H](OC(C)=O)C1O[C@@H](OP(=O)(O)OP(=O)(O)OC[C@H]2O[C@@H](n3cnc4c(N)ncnc43)[C@@H](O)CC2F)C(OC(C)=O)C(OC(C)=O)[C@@H]1OC(C)=O. The highest BCUT2D eigenvalue weighted by Crippen LogP contribution is 2.61. The largest absolute Gasteiger partial charge is 0.483 e. The highest BCUT2D eigenvalue weighted by atomic mass is 31.3. The summed E-state index contributed by atoms with van der Waals surface area (Å²) in [5.41, 5.74) is 6.00. The number of carbonyl (C=O) groups excluding carboxylic acids is 5. The van der Waals surface area contributed by atoms with E-state index in [-0.39, 0.29) is 17.0 Å². The number of hydrogen-bond acceptors (Lipinski definition) is 22. The van der Waals surface area contributed by atoms with Gasteiger partial charge >= 0.3 is 45.5 Å². The summed E-state index contributed by atoms with van der Waals surface area (Å²) in [5, 5.41) is 10.6. The van der Waals surface area contributed by atoms with E-state index in [9.17, 15) is 48.0 Å². The number of nitrogens with zero attached hydrogens (tertiary/aromatic N) is 4. The van der Waals surface area contributed by atoms with Gasteiger partial charge in [0.15, 0.2) is 42.1 Å². The summed E-state index contributed by atoms with van der Waals surface area (Å²) in [5.74, 6) is -5.23. The van der Waals surface area contributed by atoms with Gasteiger partial charge in [-0.15, -0.1) is 0 Å². The van der Waals surface area contributed by atoms with Gasteiger partial charge in [0.25, 0.3) is 0 Å². The zero-order chi connectivity index (χ0) is 41.7. The lowest BCUT2D eigenvalue weighted by molar-refractivity contribution is -0.301. The molecule has 2 aromatic rings. The van der Waals surface area contributed by atoms with Gasteiger partial charge in [-0.25, -0.2) is 28.5 Å². The first-order valence-corrected chi connectivity index (χ1v) is 19.1. The molecule has 4 heterocycles. The predicted octanol–water partition coefficient (Wildman–Crippen LogP) is -0.340. The van der Waals surface area contributed by atoms with Crippen molar-refractivity contribution < 1.29 is 98.9 Å². The van der Waals surface area contributed by atoms with Crippen LogP contribution < -0.4 is 5.73 Å². The minimum absolute atomic E-state index is 0.0121. The average molecular weight is 846 g/mol. The molecular formula is C28H38FN5O20P2. The Balaban J connectivity index is 1.57. The third-order valence-corrected chi connectivity index (χ3v) is 10.2. The van der Waals surface area contributed by atoms with Crippen LogP contribution in [0.4, 0.5) is 10.2 Å². The molecule has 5 N–H and O–H groups in total. The summed E-state index contributed by atoms with van der Waals surface area (Å²) >= 11 is 0. The summed E-state index contributed by atoms with van der Waals surface area (Å²) in [6.07, 6.45) is -17.0. The molecular weight excluding hydrogens is 807 g/mol. The number of alkyl halides is 1. The highest BCUT2D eigenvalue weighted by molar-refractivity contribution is 7.61. The second-order valence-corrected chi connectivity index (χ2v) is 15.0. The predicted molar refractivity (Wildman–Crippen MR) is 174 cm³/mol. The van der Waals surface area contributed by atoms with Gasteiger partial charge < -0.3 is 53.8 Å². The molecule has 2 aromatic heterocycles. The van der Waals surface area contributed by atoms with Crippen LogP contribution in [0.3, 0.4) is 0 Å². The molecule has 2 saturated heterocycles.